The number of rotatable bonds is 7. The van der Waals surface area contributed by atoms with E-state index in [2.05, 4.69) is 33.9 Å². The molecule has 0 bridgehead atoms. The molecule has 2 aliphatic rings. The summed E-state index contributed by atoms with van der Waals surface area (Å²) in [4.78, 5) is 14.4. The SMILES string of the molecule is CC1(C)OC[C@@]2(COC(=O)N2Cc2ccccc2)[C@H]([C@@H](O)CCO[Si](C)(C)C(C)(C)C)O1. The van der Waals surface area contributed by atoms with Gasteiger partial charge in [0, 0.05) is 13.2 Å². The van der Waals surface area contributed by atoms with E-state index in [1.807, 2.05) is 44.2 Å². The minimum absolute atomic E-state index is 0.0918. The maximum Gasteiger partial charge on any atom is 0.410 e. The first-order valence-electron chi connectivity index (χ1n) is 11.4. The number of carbonyl (C=O) groups excluding carboxylic acids is 1. The maximum absolute atomic E-state index is 12.7. The van der Waals surface area contributed by atoms with Crippen molar-refractivity contribution < 1.29 is 28.5 Å². The highest BCUT2D eigenvalue weighted by molar-refractivity contribution is 6.74. The van der Waals surface area contributed by atoms with Gasteiger partial charge in [-0.3, -0.25) is 4.90 Å². The summed E-state index contributed by atoms with van der Waals surface area (Å²) in [6.45, 7) is 15.7. The summed E-state index contributed by atoms with van der Waals surface area (Å²) in [5.74, 6) is -0.874. The number of carbonyl (C=O) groups is 1. The summed E-state index contributed by atoms with van der Waals surface area (Å²) in [5.41, 5.74) is 0.0730. The Kier molecular flexibility index (Phi) is 7.13. The molecule has 0 aromatic heterocycles. The Morgan fingerprint density at radius 1 is 1.22 bits per heavy atom. The first-order valence-corrected chi connectivity index (χ1v) is 14.3. The van der Waals surface area contributed by atoms with E-state index in [4.69, 9.17) is 18.6 Å². The van der Waals surface area contributed by atoms with E-state index < -0.39 is 37.9 Å². The summed E-state index contributed by atoms with van der Waals surface area (Å²) in [6.07, 6.45) is -1.52. The molecule has 2 aliphatic heterocycles. The normalized spacial score (nSPS) is 26.9. The van der Waals surface area contributed by atoms with Crippen molar-refractivity contribution in [2.45, 2.75) is 89.3 Å². The van der Waals surface area contributed by atoms with E-state index in [0.717, 1.165) is 5.56 Å². The first kappa shape index (κ1) is 25.2. The van der Waals surface area contributed by atoms with Crippen LogP contribution in [0.1, 0.15) is 46.6 Å². The van der Waals surface area contributed by atoms with Crippen LogP contribution in [0.3, 0.4) is 0 Å². The Morgan fingerprint density at radius 3 is 2.50 bits per heavy atom. The van der Waals surface area contributed by atoms with Gasteiger partial charge in [0.1, 0.15) is 18.2 Å². The Balaban J connectivity index is 1.79. The standard InChI is InChI=1S/C24H39NO6Si/c1-22(2,3)32(6,7)30-14-13-19(26)20-24(17-29-23(4,5)31-20)16-28-21(27)25(24)15-18-11-9-8-10-12-18/h8-12,19-20,26H,13-17H2,1-7H3/t19-,20-,24-/m0/s1. The minimum Gasteiger partial charge on any atom is -0.447 e. The van der Waals surface area contributed by atoms with Gasteiger partial charge in [0.2, 0.25) is 0 Å². The zero-order valence-electron chi connectivity index (χ0n) is 20.5. The molecule has 2 saturated heterocycles. The predicted octanol–water partition coefficient (Wildman–Crippen LogP) is 4.30. The zero-order valence-corrected chi connectivity index (χ0v) is 21.5. The monoisotopic (exact) mass is 465 g/mol. The summed E-state index contributed by atoms with van der Waals surface area (Å²) in [6, 6.07) is 9.74. The minimum atomic E-state index is -1.93. The third-order valence-corrected chi connectivity index (χ3v) is 11.6. The molecule has 7 nitrogen and oxygen atoms in total. The van der Waals surface area contributed by atoms with Crippen molar-refractivity contribution in [1.29, 1.82) is 0 Å². The lowest BCUT2D eigenvalue weighted by molar-refractivity contribution is -0.327. The van der Waals surface area contributed by atoms with Crippen LogP contribution in [0.2, 0.25) is 18.1 Å². The average molecular weight is 466 g/mol. The number of aliphatic hydroxyl groups is 1. The fourth-order valence-electron chi connectivity index (χ4n) is 3.94. The smallest absolute Gasteiger partial charge is 0.410 e. The molecule has 0 aliphatic carbocycles. The van der Waals surface area contributed by atoms with Gasteiger partial charge in [-0.1, -0.05) is 51.1 Å². The Morgan fingerprint density at radius 2 is 1.88 bits per heavy atom. The van der Waals surface area contributed by atoms with Crippen molar-refractivity contribution in [2.75, 3.05) is 19.8 Å². The molecule has 2 heterocycles. The highest BCUT2D eigenvalue weighted by Crippen LogP contribution is 2.41. The third-order valence-electron chi connectivity index (χ3n) is 7.03. The molecule has 8 heteroatoms. The quantitative estimate of drug-likeness (QED) is 0.605. The lowest BCUT2D eigenvalue weighted by Crippen LogP contribution is -2.68. The van der Waals surface area contributed by atoms with Crippen molar-refractivity contribution in [3.8, 4) is 0 Å². The van der Waals surface area contributed by atoms with Gasteiger partial charge >= 0.3 is 6.09 Å². The number of hydrogen-bond acceptors (Lipinski definition) is 6. The van der Waals surface area contributed by atoms with Gasteiger partial charge in [-0.15, -0.1) is 0 Å². The molecule has 0 saturated carbocycles. The lowest BCUT2D eigenvalue weighted by atomic mass is 9.86. The van der Waals surface area contributed by atoms with Crippen molar-refractivity contribution in [3.05, 3.63) is 35.9 Å². The van der Waals surface area contributed by atoms with Crippen LogP contribution in [0, 0.1) is 0 Å². The van der Waals surface area contributed by atoms with Crippen molar-refractivity contribution in [2.24, 2.45) is 0 Å². The second-order valence-corrected chi connectivity index (χ2v) is 15.7. The van der Waals surface area contributed by atoms with Crippen molar-refractivity contribution in [3.63, 3.8) is 0 Å². The Hall–Kier alpha value is -1.45. The van der Waals surface area contributed by atoms with E-state index in [1.54, 1.807) is 4.90 Å². The average Bonchev–Trinajstić information content (AvgIpc) is 3.00. The Labute approximate surface area is 193 Å². The van der Waals surface area contributed by atoms with E-state index in [9.17, 15) is 9.90 Å². The van der Waals surface area contributed by atoms with Gasteiger partial charge in [-0.25, -0.2) is 4.79 Å². The largest absolute Gasteiger partial charge is 0.447 e. The molecule has 180 valence electrons. The topological polar surface area (TPSA) is 77.5 Å². The first-order chi connectivity index (χ1) is 14.8. The van der Waals surface area contributed by atoms with Gasteiger partial charge in [-0.2, -0.15) is 0 Å². The fraction of sp³-hybridized carbons (Fsp3) is 0.708. The van der Waals surface area contributed by atoms with Crippen LogP contribution in [0.25, 0.3) is 0 Å². The van der Waals surface area contributed by atoms with Crippen LogP contribution in [0.5, 0.6) is 0 Å². The van der Waals surface area contributed by atoms with Gasteiger partial charge < -0.3 is 23.7 Å². The highest BCUT2D eigenvalue weighted by Gasteiger charge is 2.60. The molecule has 3 rings (SSSR count). The molecule has 2 fully saturated rings. The van der Waals surface area contributed by atoms with Crippen LogP contribution in [0.4, 0.5) is 4.79 Å². The summed E-state index contributed by atoms with van der Waals surface area (Å²) in [5, 5.41) is 11.4. The van der Waals surface area contributed by atoms with Crippen LogP contribution < -0.4 is 0 Å². The molecule has 1 aromatic carbocycles. The summed E-state index contributed by atoms with van der Waals surface area (Å²) < 4.78 is 24.0. The van der Waals surface area contributed by atoms with E-state index in [0.29, 0.717) is 19.6 Å². The number of hydrogen-bond donors (Lipinski definition) is 1. The van der Waals surface area contributed by atoms with Gasteiger partial charge in [0.05, 0.1) is 12.7 Å². The molecule has 1 amide bonds. The molecule has 32 heavy (non-hydrogen) atoms. The molecular weight excluding hydrogens is 426 g/mol. The second-order valence-electron chi connectivity index (χ2n) is 10.9. The summed E-state index contributed by atoms with van der Waals surface area (Å²) >= 11 is 0. The predicted molar refractivity (Wildman–Crippen MR) is 125 cm³/mol. The zero-order chi connectivity index (χ0) is 23.8. The summed E-state index contributed by atoms with van der Waals surface area (Å²) in [7, 11) is -1.93. The molecule has 1 aromatic rings. The second kappa shape index (κ2) is 9.06. The van der Waals surface area contributed by atoms with E-state index in [1.165, 1.54) is 0 Å². The van der Waals surface area contributed by atoms with Gasteiger partial charge in [0.25, 0.3) is 0 Å². The third kappa shape index (κ3) is 5.20. The molecular formula is C24H39NO6Si. The van der Waals surface area contributed by atoms with Crippen LogP contribution >= 0.6 is 0 Å². The fourth-order valence-corrected chi connectivity index (χ4v) is 5.00. The molecule has 1 N–H and O–H groups in total. The molecule has 0 unspecified atom stereocenters. The van der Waals surface area contributed by atoms with Crippen LogP contribution in [-0.2, 0) is 25.2 Å². The van der Waals surface area contributed by atoms with Crippen LogP contribution in [0.15, 0.2) is 30.3 Å². The van der Waals surface area contributed by atoms with Crippen molar-refractivity contribution in [1.82, 2.24) is 4.90 Å². The number of cyclic esters (lactones) is 1. The highest BCUT2D eigenvalue weighted by atomic mass is 28.4. The number of ether oxygens (including phenoxy) is 3. The number of amides is 1. The van der Waals surface area contributed by atoms with Gasteiger partial charge in [-0.05, 0) is 44.0 Å². The van der Waals surface area contributed by atoms with Crippen LogP contribution in [-0.4, -0.2) is 67.8 Å². The van der Waals surface area contributed by atoms with Crippen molar-refractivity contribution >= 4 is 14.4 Å². The number of aliphatic hydroxyl groups excluding tert-OH is 1. The van der Waals surface area contributed by atoms with E-state index in [-0.39, 0.29) is 18.3 Å². The molecule has 1 spiro atoms. The number of nitrogens with zero attached hydrogens (tertiary/aromatic N) is 1. The molecule has 0 radical (unpaired) electrons. The van der Waals surface area contributed by atoms with Gasteiger partial charge in [0.15, 0.2) is 14.1 Å². The number of benzene rings is 1. The molecule has 3 atom stereocenters. The Bertz CT molecular complexity index is 793. The lowest BCUT2D eigenvalue weighted by Gasteiger charge is -2.50. The maximum atomic E-state index is 12.7. The van der Waals surface area contributed by atoms with E-state index >= 15 is 0 Å².